The minimum atomic E-state index is 0.335. The zero-order chi connectivity index (χ0) is 10.8. The van der Waals surface area contributed by atoms with Crippen LogP contribution in [0.5, 0.6) is 0 Å². The van der Waals surface area contributed by atoms with E-state index < -0.39 is 0 Å². The molecule has 0 amide bonds. The number of nitrogens with zero attached hydrogens (tertiary/aromatic N) is 2. The van der Waals surface area contributed by atoms with Crippen molar-refractivity contribution in [2.24, 2.45) is 0 Å². The lowest BCUT2D eigenvalue weighted by atomic mass is 10.1. The van der Waals surface area contributed by atoms with Crippen LogP contribution in [-0.4, -0.2) is 4.98 Å². The maximum atomic E-state index is 8.60. The van der Waals surface area contributed by atoms with Crippen molar-refractivity contribution < 1.29 is 0 Å². The molecule has 15 heavy (non-hydrogen) atoms. The van der Waals surface area contributed by atoms with E-state index in [1.54, 1.807) is 0 Å². The van der Waals surface area contributed by atoms with Crippen molar-refractivity contribution in [3.8, 4) is 6.07 Å². The van der Waals surface area contributed by atoms with Gasteiger partial charge in [0.1, 0.15) is 0 Å². The molecule has 0 bridgehead atoms. The second-order valence-electron chi connectivity index (χ2n) is 3.38. The van der Waals surface area contributed by atoms with Gasteiger partial charge in [-0.05, 0) is 24.6 Å². The molecule has 0 aliphatic carbocycles. The van der Waals surface area contributed by atoms with E-state index in [9.17, 15) is 0 Å². The minimum Gasteiger partial charge on any atom is -0.251 e. The van der Waals surface area contributed by atoms with E-state index in [4.69, 9.17) is 16.9 Å². The smallest absolute Gasteiger partial charge is 0.0774 e. The van der Waals surface area contributed by atoms with Crippen molar-refractivity contribution in [2.75, 3.05) is 0 Å². The fourth-order valence-corrected chi connectivity index (χ4v) is 1.68. The second kappa shape index (κ2) is 3.88. The first-order valence-corrected chi connectivity index (χ1v) is 5.02. The number of hydrogen-bond acceptors (Lipinski definition) is 2. The highest BCUT2D eigenvalue weighted by Gasteiger charge is 2.04. The molecule has 0 aliphatic rings. The number of aryl methyl sites for hydroxylation is 1. The summed E-state index contributed by atoms with van der Waals surface area (Å²) in [6.07, 6.45) is 0.335. The molecular formula is C12H9ClN2. The molecule has 0 unspecified atom stereocenters. The summed E-state index contributed by atoms with van der Waals surface area (Å²) in [6, 6.07) is 9.74. The van der Waals surface area contributed by atoms with Gasteiger partial charge in [0.15, 0.2) is 0 Å². The molecule has 0 N–H and O–H groups in total. The zero-order valence-electron chi connectivity index (χ0n) is 8.29. The first-order valence-electron chi connectivity index (χ1n) is 4.64. The SMILES string of the molecule is Cc1c(Cl)ccc2ccc(CC#N)nc12. The van der Waals surface area contributed by atoms with Gasteiger partial charge >= 0.3 is 0 Å². The molecular weight excluding hydrogens is 208 g/mol. The molecule has 3 heteroatoms. The number of aromatic nitrogens is 1. The Morgan fingerprint density at radius 2 is 2.07 bits per heavy atom. The van der Waals surface area contributed by atoms with Crippen LogP contribution in [-0.2, 0) is 6.42 Å². The van der Waals surface area contributed by atoms with Gasteiger partial charge in [-0.15, -0.1) is 0 Å². The van der Waals surface area contributed by atoms with Crippen LogP contribution in [0.3, 0.4) is 0 Å². The largest absolute Gasteiger partial charge is 0.251 e. The quantitative estimate of drug-likeness (QED) is 0.734. The average Bonchev–Trinajstić information content (AvgIpc) is 2.25. The minimum absolute atomic E-state index is 0.335. The Hall–Kier alpha value is -1.59. The van der Waals surface area contributed by atoms with Gasteiger partial charge in [-0.2, -0.15) is 5.26 Å². The predicted molar refractivity (Wildman–Crippen MR) is 60.8 cm³/mol. The molecule has 1 heterocycles. The summed E-state index contributed by atoms with van der Waals surface area (Å²) in [5.41, 5.74) is 2.64. The third kappa shape index (κ3) is 1.79. The van der Waals surface area contributed by atoms with Crippen LogP contribution in [0.25, 0.3) is 10.9 Å². The van der Waals surface area contributed by atoms with Gasteiger partial charge in [0.2, 0.25) is 0 Å². The molecule has 0 saturated carbocycles. The van der Waals surface area contributed by atoms with Crippen LogP contribution in [0.15, 0.2) is 24.3 Å². The number of halogens is 1. The van der Waals surface area contributed by atoms with Gasteiger partial charge in [-0.1, -0.05) is 23.7 Å². The Balaban J connectivity index is 2.69. The molecule has 2 nitrogen and oxygen atoms in total. The highest BCUT2D eigenvalue weighted by atomic mass is 35.5. The van der Waals surface area contributed by atoms with Gasteiger partial charge in [0, 0.05) is 10.4 Å². The van der Waals surface area contributed by atoms with Crippen molar-refractivity contribution in [3.05, 3.63) is 40.5 Å². The highest BCUT2D eigenvalue weighted by molar-refractivity contribution is 6.32. The van der Waals surface area contributed by atoms with E-state index in [1.165, 1.54) is 0 Å². The number of rotatable bonds is 1. The first-order chi connectivity index (χ1) is 7.22. The van der Waals surface area contributed by atoms with Crippen LogP contribution in [0.2, 0.25) is 5.02 Å². The second-order valence-corrected chi connectivity index (χ2v) is 3.79. The van der Waals surface area contributed by atoms with E-state index in [0.717, 1.165) is 22.2 Å². The third-order valence-corrected chi connectivity index (χ3v) is 2.78. The molecule has 0 atom stereocenters. The van der Waals surface area contributed by atoms with Crippen molar-refractivity contribution in [1.82, 2.24) is 4.98 Å². The molecule has 1 aromatic carbocycles. The number of benzene rings is 1. The average molecular weight is 217 g/mol. The van der Waals surface area contributed by atoms with Gasteiger partial charge in [0.25, 0.3) is 0 Å². The molecule has 0 fully saturated rings. The Morgan fingerprint density at radius 3 is 2.80 bits per heavy atom. The van der Waals surface area contributed by atoms with Gasteiger partial charge in [0.05, 0.1) is 23.7 Å². The zero-order valence-corrected chi connectivity index (χ0v) is 9.04. The van der Waals surface area contributed by atoms with E-state index in [1.807, 2.05) is 31.2 Å². The lowest BCUT2D eigenvalue weighted by molar-refractivity contribution is 1.14. The van der Waals surface area contributed by atoms with Crippen LogP contribution < -0.4 is 0 Å². The normalized spacial score (nSPS) is 10.2. The predicted octanol–water partition coefficient (Wildman–Crippen LogP) is 3.26. The fourth-order valence-electron chi connectivity index (χ4n) is 1.53. The van der Waals surface area contributed by atoms with Crippen LogP contribution >= 0.6 is 11.6 Å². The number of pyridine rings is 1. The molecule has 1 aromatic heterocycles. The van der Waals surface area contributed by atoms with Gasteiger partial charge < -0.3 is 0 Å². The van der Waals surface area contributed by atoms with Crippen LogP contribution in [0.1, 0.15) is 11.3 Å². The topological polar surface area (TPSA) is 36.7 Å². The number of nitriles is 1. The van der Waals surface area contributed by atoms with Crippen LogP contribution in [0, 0.1) is 18.3 Å². The standard InChI is InChI=1S/C12H9ClN2/c1-8-11(13)5-3-9-2-4-10(6-7-14)15-12(8)9/h2-5H,6H2,1H3. The van der Waals surface area contributed by atoms with Crippen molar-refractivity contribution in [2.45, 2.75) is 13.3 Å². The van der Waals surface area contributed by atoms with E-state index in [0.29, 0.717) is 11.4 Å². The first kappa shape index (κ1) is 9.95. The summed E-state index contributed by atoms with van der Waals surface area (Å²) in [6.45, 7) is 1.94. The lowest BCUT2D eigenvalue weighted by Crippen LogP contribution is -1.91. The van der Waals surface area contributed by atoms with Crippen LogP contribution in [0.4, 0.5) is 0 Å². The summed E-state index contributed by atoms with van der Waals surface area (Å²) in [5.74, 6) is 0. The van der Waals surface area contributed by atoms with E-state index in [-0.39, 0.29) is 0 Å². The fraction of sp³-hybridized carbons (Fsp3) is 0.167. The number of fused-ring (bicyclic) bond motifs is 1. The van der Waals surface area contributed by atoms with Crippen molar-refractivity contribution >= 4 is 22.5 Å². The summed E-state index contributed by atoms with van der Waals surface area (Å²) in [5, 5.41) is 10.4. The molecule has 0 spiro atoms. The summed E-state index contributed by atoms with van der Waals surface area (Å²) < 4.78 is 0. The Kier molecular flexibility index (Phi) is 2.57. The summed E-state index contributed by atoms with van der Waals surface area (Å²) in [7, 11) is 0. The van der Waals surface area contributed by atoms with Gasteiger partial charge in [-0.3, -0.25) is 4.98 Å². The molecule has 0 saturated heterocycles. The van der Waals surface area contributed by atoms with Crippen molar-refractivity contribution in [1.29, 1.82) is 5.26 Å². The molecule has 2 aromatic rings. The monoisotopic (exact) mass is 216 g/mol. The summed E-state index contributed by atoms with van der Waals surface area (Å²) >= 11 is 6.01. The molecule has 2 rings (SSSR count). The summed E-state index contributed by atoms with van der Waals surface area (Å²) in [4.78, 5) is 4.42. The van der Waals surface area contributed by atoms with Gasteiger partial charge in [-0.25, -0.2) is 0 Å². The molecule has 0 aliphatic heterocycles. The Morgan fingerprint density at radius 1 is 1.33 bits per heavy atom. The van der Waals surface area contributed by atoms with Crippen molar-refractivity contribution in [3.63, 3.8) is 0 Å². The Labute approximate surface area is 93.1 Å². The van der Waals surface area contributed by atoms with E-state index in [2.05, 4.69) is 11.1 Å². The number of hydrogen-bond donors (Lipinski definition) is 0. The highest BCUT2D eigenvalue weighted by Crippen LogP contribution is 2.23. The maximum absolute atomic E-state index is 8.60. The molecule has 74 valence electrons. The lowest BCUT2D eigenvalue weighted by Gasteiger charge is -2.04. The third-order valence-electron chi connectivity index (χ3n) is 2.37. The Bertz CT molecular complexity index is 555. The van der Waals surface area contributed by atoms with E-state index >= 15 is 0 Å². The maximum Gasteiger partial charge on any atom is 0.0774 e. The molecule has 0 radical (unpaired) electrons.